The molecule has 0 bridgehead atoms. The van der Waals surface area contributed by atoms with Gasteiger partial charge in [-0.15, -0.1) is 0 Å². The van der Waals surface area contributed by atoms with Crippen molar-refractivity contribution in [3.05, 3.63) is 70.5 Å². The smallest absolute Gasteiger partial charge is 0.256 e. The molecule has 1 aromatic carbocycles. The summed E-state index contributed by atoms with van der Waals surface area (Å²) >= 11 is 3.32. The summed E-state index contributed by atoms with van der Waals surface area (Å²) in [6.07, 6.45) is 3.01. The molecule has 0 radical (unpaired) electrons. The third kappa shape index (κ3) is 3.12. The molecule has 112 valence electrons. The molecule has 0 atom stereocenters. The maximum absolute atomic E-state index is 12.4. The van der Waals surface area contributed by atoms with Crippen LogP contribution in [-0.2, 0) is 0 Å². The van der Waals surface area contributed by atoms with E-state index in [1.54, 1.807) is 48.7 Å². The summed E-state index contributed by atoms with van der Waals surface area (Å²) in [6.45, 7) is 0. The molecular formula is C16H10BrN5O. The SMILES string of the molecule is N#Cc1cnn(-c2ccccn2)c1NC(=O)c1ccc(Br)cc1. The standard InChI is InChI=1S/C16H10BrN5O/c17-13-6-4-11(5-7-13)16(23)21-15-12(9-18)10-20-22(15)14-3-1-2-8-19-14/h1-8,10H,(H,21,23). The van der Waals surface area contributed by atoms with Gasteiger partial charge in [-0.3, -0.25) is 4.79 Å². The maximum atomic E-state index is 12.4. The van der Waals surface area contributed by atoms with Gasteiger partial charge in [-0.2, -0.15) is 15.0 Å². The summed E-state index contributed by atoms with van der Waals surface area (Å²) in [5, 5.41) is 16.1. The summed E-state index contributed by atoms with van der Waals surface area (Å²) in [5.74, 6) is 0.478. The number of halogens is 1. The molecule has 0 aliphatic heterocycles. The summed E-state index contributed by atoms with van der Waals surface area (Å²) in [4.78, 5) is 16.6. The van der Waals surface area contributed by atoms with E-state index in [0.29, 0.717) is 17.2 Å². The number of anilines is 1. The Morgan fingerprint density at radius 3 is 2.65 bits per heavy atom. The number of amides is 1. The van der Waals surface area contributed by atoms with Crippen LogP contribution in [0.3, 0.4) is 0 Å². The number of aromatic nitrogens is 3. The fraction of sp³-hybridized carbons (Fsp3) is 0. The number of hydrogen-bond acceptors (Lipinski definition) is 4. The zero-order valence-corrected chi connectivity index (χ0v) is 13.4. The van der Waals surface area contributed by atoms with Gasteiger partial charge >= 0.3 is 0 Å². The Kier molecular flexibility index (Phi) is 4.17. The number of carbonyl (C=O) groups is 1. The van der Waals surface area contributed by atoms with E-state index in [4.69, 9.17) is 0 Å². The van der Waals surface area contributed by atoms with Crippen molar-refractivity contribution in [2.45, 2.75) is 0 Å². The Balaban J connectivity index is 1.96. The molecule has 2 aromatic heterocycles. The molecule has 3 rings (SSSR count). The number of pyridine rings is 1. The monoisotopic (exact) mass is 367 g/mol. The van der Waals surface area contributed by atoms with Gasteiger partial charge < -0.3 is 5.32 Å². The van der Waals surface area contributed by atoms with Gasteiger partial charge in [0.2, 0.25) is 0 Å². The van der Waals surface area contributed by atoms with E-state index >= 15 is 0 Å². The molecule has 2 heterocycles. The zero-order valence-electron chi connectivity index (χ0n) is 11.8. The Morgan fingerprint density at radius 1 is 1.22 bits per heavy atom. The van der Waals surface area contributed by atoms with Crippen LogP contribution in [0.5, 0.6) is 0 Å². The average molecular weight is 368 g/mol. The summed E-state index contributed by atoms with van der Waals surface area (Å²) in [5.41, 5.74) is 0.743. The van der Waals surface area contributed by atoms with E-state index in [0.717, 1.165) is 4.47 Å². The first-order chi connectivity index (χ1) is 11.2. The largest absolute Gasteiger partial charge is 0.305 e. The second-order valence-electron chi connectivity index (χ2n) is 4.58. The van der Waals surface area contributed by atoms with Crippen LogP contribution in [0.1, 0.15) is 15.9 Å². The van der Waals surface area contributed by atoms with Crippen molar-refractivity contribution >= 4 is 27.7 Å². The van der Waals surface area contributed by atoms with E-state index < -0.39 is 0 Å². The van der Waals surface area contributed by atoms with Gasteiger partial charge in [0.05, 0.1) is 6.20 Å². The summed E-state index contributed by atoms with van der Waals surface area (Å²) in [6, 6.07) is 14.3. The summed E-state index contributed by atoms with van der Waals surface area (Å²) in [7, 11) is 0. The van der Waals surface area contributed by atoms with Gasteiger partial charge in [0.25, 0.3) is 5.91 Å². The lowest BCUT2D eigenvalue weighted by molar-refractivity contribution is 0.102. The Hall–Kier alpha value is -2.98. The van der Waals surface area contributed by atoms with E-state index in [2.05, 4.69) is 31.3 Å². The van der Waals surface area contributed by atoms with Gasteiger partial charge in [0, 0.05) is 16.2 Å². The lowest BCUT2D eigenvalue weighted by Crippen LogP contribution is -2.16. The normalized spacial score (nSPS) is 10.1. The van der Waals surface area contributed by atoms with E-state index in [9.17, 15) is 10.1 Å². The van der Waals surface area contributed by atoms with Gasteiger partial charge in [-0.25, -0.2) is 4.98 Å². The first kappa shape index (κ1) is 14.9. The third-order valence-corrected chi connectivity index (χ3v) is 3.62. The van der Waals surface area contributed by atoms with Crippen molar-refractivity contribution in [2.75, 3.05) is 5.32 Å². The van der Waals surface area contributed by atoms with Crippen LogP contribution in [0.2, 0.25) is 0 Å². The molecule has 0 spiro atoms. The number of nitriles is 1. The second-order valence-corrected chi connectivity index (χ2v) is 5.50. The van der Waals surface area contributed by atoms with Crippen LogP contribution in [0.15, 0.2) is 59.3 Å². The fourth-order valence-corrected chi connectivity index (χ4v) is 2.25. The minimum absolute atomic E-state index is 0.265. The van der Waals surface area contributed by atoms with Crippen molar-refractivity contribution in [1.82, 2.24) is 14.8 Å². The molecular weight excluding hydrogens is 358 g/mol. The molecule has 0 saturated carbocycles. The number of nitrogens with zero attached hydrogens (tertiary/aromatic N) is 4. The summed E-state index contributed by atoms with van der Waals surface area (Å²) < 4.78 is 2.31. The van der Waals surface area contributed by atoms with Crippen LogP contribution < -0.4 is 5.32 Å². The van der Waals surface area contributed by atoms with Gasteiger partial charge in [0.1, 0.15) is 11.6 Å². The van der Waals surface area contributed by atoms with Crippen molar-refractivity contribution in [1.29, 1.82) is 5.26 Å². The van der Waals surface area contributed by atoms with Crippen molar-refractivity contribution in [2.24, 2.45) is 0 Å². The van der Waals surface area contributed by atoms with E-state index in [1.807, 2.05) is 6.07 Å². The lowest BCUT2D eigenvalue weighted by Gasteiger charge is -2.09. The molecule has 1 N–H and O–H groups in total. The molecule has 0 aliphatic rings. The molecule has 0 fully saturated rings. The average Bonchev–Trinajstić information content (AvgIpc) is 2.99. The molecule has 6 nitrogen and oxygen atoms in total. The molecule has 0 unspecified atom stereocenters. The second kappa shape index (κ2) is 6.42. The topological polar surface area (TPSA) is 83.6 Å². The number of hydrogen-bond donors (Lipinski definition) is 1. The van der Waals surface area contributed by atoms with Crippen molar-refractivity contribution < 1.29 is 4.79 Å². The molecule has 0 aliphatic carbocycles. The first-order valence-corrected chi connectivity index (χ1v) is 7.45. The van der Waals surface area contributed by atoms with Gasteiger partial charge in [-0.1, -0.05) is 22.0 Å². The highest BCUT2D eigenvalue weighted by Crippen LogP contribution is 2.19. The number of nitrogens with one attached hydrogen (secondary N) is 1. The minimum atomic E-state index is -0.327. The van der Waals surface area contributed by atoms with Crippen LogP contribution in [0, 0.1) is 11.3 Å². The van der Waals surface area contributed by atoms with E-state index in [-0.39, 0.29) is 11.5 Å². The molecule has 23 heavy (non-hydrogen) atoms. The highest BCUT2D eigenvalue weighted by atomic mass is 79.9. The van der Waals surface area contributed by atoms with Gasteiger partial charge in [0.15, 0.2) is 11.6 Å². The Labute approximate surface area is 140 Å². The quantitative estimate of drug-likeness (QED) is 0.770. The highest BCUT2D eigenvalue weighted by Gasteiger charge is 2.16. The number of rotatable bonds is 3. The Morgan fingerprint density at radius 2 is 2.00 bits per heavy atom. The van der Waals surface area contributed by atoms with Crippen molar-refractivity contribution in [3.63, 3.8) is 0 Å². The van der Waals surface area contributed by atoms with Crippen LogP contribution in [0.4, 0.5) is 5.82 Å². The van der Waals surface area contributed by atoms with E-state index in [1.165, 1.54) is 10.9 Å². The van der Waals surface area contributed by atoms with Crippen molar-refractivity contribution in [3.8, 4) is 11.9 Å². The first-order valence-electron chi connectivity index (χ1n) is 6.65. The third-order valence-electron chi connectivity index (χ3n) is 3.09. The predicted molar refractivity (Wildman–Crippen MR) is 88.2 cm³/mol. The number of carbonyl (C=O) groups excluding carboxylic acids is 1. The molecule has 3 aromatic rings. The Bertz CT molecular complexity index is 881. The van der Waals surface area contributed by atoms with Crippen LogP contribution in [-0.4, -0.2) is 20.7 Å². The van der Waals surface area contributed by atoms with Crippen LogP contribution >= 0.6 is 15.9 Å². The molecule has 0 saturated heterocycles. The molecule has 7 heteroatoms. The number of benzene rings is 1. The van der Waals surface area contributed by atoms with Gasteiger partial charge in [-0.05, 0) is 36.4 Å². The zero-order chi connectivity index (χ0) is 16.2. The van der Waals surface area contributed by atoms with Crippen LogP contribution in [0.25, 0.3) is 5.82 Å². The minimum Gasteiger partial charge on any atom is -0.305 e. The molecule has 1 amide bonds. The highest BCUT2D eigenvalue weighted by molar-refractivity contribution is 9.10. The predicted octanol–water partition coefficient (Wildman–Crippen LogP) is 3.15. The lowest BCUT2D eigenvalue weighted by atomic mass is 10.2. The fourth-order valence-electron chi connectivity index (χ4n) is 1.98. The maximum Gasteiger partial charge on any atom is 0.256 e.